The lowest BCUT2D eigenvalue weighted by Crippen LogP contribution is -2.59. The molecule has 5 heteroatoms. The number of hydrogen-bond donors (Lipinski definition) is 2. The van der Waals surface area contributed by atoms with Crippen LogP contribution in [0.25, 0.3) is 0 Å². The summed E-state index contributed by atoms with van der Waals surface area (Å²) in [7, 11) is 0. The fourth-order valence-corrected chi connectivity index (χ4v) is 1.81. The first kappa shape index (κ1) is 11.0. The van der Waals surface area contributed by atoms with Crippen molar-refractivity contribution in [3.63, 3.8) is 0 Å². The van der Waals surface area contributed by atoms with E-state index in [4.69, 9.17) is 10.2 Å². The summed E-state index contributed by atoms with van der Waals surface area (Å²) in [6.07, 6.45) is -0.328. The summed E-state index contributed by atoms with van der Waals surface area (Å²) in [4.78, 5) is 22.9. The molecular formula is C9H15NO4. The predicted molar refractivity (Wildman–Crippen MR) is 49.0 cm³/mol. The second-order valence-electron chi connectivity index (χ2n) is 4.52. The van der Waals surface area contributed by atoms with Crippen LogP contribution in [0.5, 0.6) is 0 Å². The molecule has 0 aliphatic carbocycles. The van der Waals surface area contributed by atoms with Crippen LogP contribution >= 0.6 is 0 Å². The Labute approximate surface area is 82.3 Å². The topological polar surface area (TPSA) is 77.8 Å². The van der Waals surface area contributed by atoms with Crippen molar-refractivity contribution in [3.05, 3.63) is 0 Å². The third-order valence-corrected chi connectivity index (χ3v) is 2.36. The Kier molecular flexibility index (Phi) is 2.80. The molecule has 0 bridgehead atoms. The Morgan fingerprint density at radius 1 is 1.36 bits per heavy atom. The van der Waals surface area contributed by atoms with Gasteiger partial charge < -0.3 is 10.2 Å². The van der Waals surface area contributed by atoms with Crippen LogP contribution in [0.4, 0.5) is 0 Å². The largest absolute Gasteiger partial charge is 0.481 e. The lowest BCUT2D eigenvalue weighted by Gasteiger charge is -2.48. The monoisotopic (exact) mass is 201 g/mol. The minimum absolute atomic E-state index is 0.117. The van der Waals surface area contributed by atoms with Gasteiger partial charge >= 0.3 is 11.9 Å². The van der Waals surface area contributed by atoms with E-state index in [2.05, 4.69) is 0 Å². The zero-order valence-electron chi connectivity index (χ0n) is 8.36. The number of nitrogens with zero attached hydrogens (tertiary/aromatic N) is 1. The molecule has 0 unspecified atom stereocenters. The molecule has 0 aromatic rings. The Hall–Kier alpha value is -1.10. The van der Waals surface area contributed by atoms with E-state index in [0.29, 0.717) is 13.1 Å². The number of carbonyl (C=O) groups is 2. The molecule has 14 heavy (non-hydrogen) atoms. The molecule has 0 spiro atoms. The fraction of sp³-hybridized carbons (Fsp3) is 0.778. The van der Waals surface area contributed by atoms with E-state index >= 15 is 0 Å². The second-order valence-corrected chi connectivity index (χ2v) is 4.52. The van der Waals surface area contributed by atoms with Crippen molar-refractivity contribution in [2.75, 3.05) is 13.1 Å². The van der Waals surface area contributed by atoms with E-state index < -0.39 is 18.0 Å². The molecule has 1 fully saturated rings. The first-order valence-electron chi connectivity index (χ1n) is 4.50. The highest BCUT2D eigenvalue weighted by Crippen LogP contribution is 2.31. The summed E-state index contributed by atoms with van der Waals surface area (Å²) in [5.74, 6) is -2.12. The van der Waals surface area contributed by atoms with Gasteiger partial charge in [0.05, 0.1) is 6.42 Å². The van der Waals surface area contributed by atoms with Gasteiger partial charge in [0.25, 0.3) is 0 Å². The van der Waals surface area contributed by atoms with Gasteiger partial charge in [-0.25, -0.2) is 0 Å². The molecule has 1 rings (SSSR count). The molecular weight excluding hydrogens is 186 g/mol. The molecule has 1 aliphatic heterocycles. The van der Waals surface area contributed by atoms with Crippen molar-refractivity contribution in [1.29, 1.82) is 0 Å². The first-order valence-corrected chi connectivity index (χ1v) is 4.50. The number of carboxylic acid groups (broad SMARTS) is 2. The van der Waals surface area contributed by atoms with Crippen molar-refractivity contribution < 1.29 is 19.8 Å². The van der Waals surface area contributed by atoms with Crippen molar-refractivity contribution >= 4 is 11.9 Å². The van der Waals surface area contributed by atoms with Crippen molar-refractivity contribution in [2.45, 2.75) is 26.3 Å². The Bertz CT molecular complexity index is 254. The van der Waals surface area contributed by atoms with Gasteiger partial charge in [0.1, 0.15) is 6.04 Å². The smallest absolute Gasteiger partial charge is 0.321 e. The molecule has 0 aromatic heterocycles. The Balaban J connectivity index is 2.54. The molecule has 0 aromatic carbocycles. The standard InChI is InChI=1S/C9H15NO4/c1-9(2)4-10(5-9)6(8(13)14)3-7(11)12/h6H,3-5H2,1-2H3,(H,11,12)(H,13,14)/t6-/m0/s1. The molecule has 0 amide bonds. The predicted octanol–water partition coefficient (Wildman–Crippen LogP) is 0.256. The second kappa shape index (κ2) is 3.57. The van der Waals surface area contributed by atoms with Crippen LogP contribution in [0, 0.1) is 5.41 Å². The fourth-order valence-electron chi connectivity index (χ4n) is 1.81. The minimum atomic E-state index is -1.07. The first-order chi connectivity index (χ1) is 6.32. The van der Waals surface area contributed by atoms with Gasteiger partial charge in [0, 0.05) is 13.1 Å². The van der Waals surface area contributed by atoms with Crippen LogP contribution in [0.15, 0.2) is 0 Å². The number of likely N-dealkylation sites (tertiary alicyclic amines) is 1. The van der Waals surface area contributed by atoms with Crippen LogP contribution in [0.3, 0.4) is 0 Å². The summed E-state index contributed by atoms with van der Waals surface area (Å²) < 4.78 is 0. The maximum atomic E-state index is 10.8. The van der Waals surface area contributed by atoms with Crippen molar-refractivity contribution in [1.82, 2.24) is 4.90 Å². The van der Waals surface area contributed by atoms with E-state index in [9.17, 15) is 9.59 Å². The van der Waals surface area contributed by atoms with Crippen molar-refractivity contribution in [3.8, 4) is 0 Å². The van der Waals surface area contributed by atoms with Crippen LogP contribution in [-0.2, 0) is 9.59 Å². The van der Waals surface area contributed by atoms with Crippen LogP contribution in [0.1, 0.15) is 20.3 Å². The summed E-state index contributed by atoms with van der Waals surface area (Å²) in [5, 5.41) is 17.4. The van der Waals surface area contributed by atoms with Gasteiger partial charge in [0.2, 0.25) is 0 Å². The maximum absolute atomic E-state index is 10.8. The highest BCUT2D eigenvalue weighted by Gasteiger charge is 2.41. The highest BCUT2D eigenvalue weighted by atomic mass is 16.4. The quantitative estimate of drug-likeness (QED) is 0.682. The molecule has 0 radical (unpaired) electrons. The lowest BCUT2D eigenvalue weighted by molar-refractivity contribution is -0.154. The van der Waals surface area contributed by atoms with Gasteiger partial charge in [-0.05, 0) is 5.41 Å². The lowest BCUT2D eigenvalue weighted by atomic mass is 9.83. The third-order valence-electron chi connectivity index (χ3n) is 2.36. The summed E-state index contributed by atoms with van der Waals surface area (Å²) in [6.45, 7) is 5.36. The summed E-state index contributed by atoms with van der Waals surface area (Å²) >= 11 is 0. The van der Waals surface area contributed by atoms with Crippen molar-refractivity contribution in [2.24, 2.45) is 5.41 Å². The number of hydrogen-bond acceptors (Lipinski definition) is 3. The van der Waals surface area contributed by atoms with E-state index in [-0.39, 0.29) is 11.8 Å². The third kappa shape index (κ3) is 2.45. The molecule has 1 aliphatic rings. The number of aliphatic carboxylic acids is 2. The molecule has 1 heterocycles. The summed E-state index contributed by atoms with van der Waals surface area (Å²) in [6, 6.07) is -0.875. The SMILES string of the molecule is CC1(C)CN([C@@H](CC(=O)O)C(=O)O)C1. The Morgan fingerprint density at radius 2 is 1.86 bits per heavy atom. The number of carboxylic acids is 2. The highest BCUT2D eigenvalue weighted by molar-refractivity contribution is 5.80. The molecule has 1 atom stereocenters. The van der Waals surface area contributed by atoms with Gasteiger partial charge in [-0.3, -0.25) is 14.5 Å². The van der Waals surface area contributed by atoms with Gasteiger partial charge in [-0.15, -0.1) is 0 Å². The van der Waals surface area contributed by atoms with E-state index in [1.54, 1.807) is 4.90 Å². The zero-order chi connectivity index (χ0) is 10.9. The molecule has 1 saturated heterocycles. The van der Waals surface area contributed by atoms with Crippen LogP contribution in [-0.4, -0.2) is 46.2 Å². The van der Waals surface area contributed by atoms with Gasteiger partial charge in [-0.2, -0.15) is 0 Å². The van der Waals surface area contributed by atoms with Gasteiger partial charge in [0.15, 0.2) is 0 Å². The van der Waals surface area contributed by atoms with E-state index in [1.807, 2.05) is 13.8 Å². The Morgan fingerprint density at radius 3 is 2.14 bits per heavy atom. The maximum Gasteiger partial charge on any atom is 0.321 e. The molecule has 80 valence electrons. The molecule has 0 saturated carbocycles. The summed E-state index contributed by atoms with van der Waals surface area (Å²) in [5.41, 5.74) is 0.117. The van der Waals surface area contributed by atoms with E-state index in [0.717, 1.165) is 0 Å². The minimum Gasteiger partial charge on any atom is -0.481 e. The normalized spacial score (nSPS) is 22.4. The van der Waals surface area contributed by atoms with Crippen LogP contribution in [0.2, 0.25) is 0 Å². The van der Waals surface area contributed by atoms with E-state index in [1.165, 1.54) is 0 Å². The van der Waals surface area contributed by atoms with Crippen LogP contribution < -0.4 is 0 Å². The molecule has 5 nitrogen and oxygen atoms in total. The van der Waals surface area contributed by atoms with Gasteiger partial charge in [-0.1, -0.05) is 13.8 Å². The average Bonchev–Trinajstić information content (AvgIpc) is 1.94. The number of rotatable bonds is 4. The average molecular weight is 201 g/mol. The zero-order valence-corrected chi connectivity index (χ0v) is 8.36. The molecule has 2 N–H and O–H groups in total.